The maximum Gasteiger partial charge on any atom is 0.322 e. The monoisotopic (exact) mass is 231 g/mol. The zero-order chi connectivity index (χ0) is 12.6. The highest BCUT2D eigenvalue weighted by molar-refractivity contribution is 5.89. The molecule has 8 nitrogen and oxygen atoms in total. The normalized spacial score (nSPS) is 11.1. The van der Waals surface area contributed by atoms with E-state index >= 15 is 0 Å². The molecule has 0 aliphatic rings. The Morgan fingerprint density at radius 3 is 2.44 bits per heavy atom. The highest BCUT2D eigenvalue weighted by Crippen LogP contribution is 1.81. The second-order valence-corrected chi connectivity index (χ2v) is 2.90. The third-order valence-electron chi connectivity index (χ3n) is 1.53. The van der Waals surface area contributed by atoms with Crippen LogP contribution in [0.5, 0.6) is 0 Å². The first-order chi connectivity index (χ1) is 7.47. The standard InChI is InChI=1S/C8H13N3O5/c1-5(8(16)10-3-7(14)15)11-6(13)2-9-4-12/h4-5H,2-3H2,1H3,(H,9,12)(H,10,16)(H,11,13)(H,14,15). The summed E-state index contributed by atoms with van der Waals surface area (Å²) in [5.41, 5.74) is 0. The van der Waals surface area contributed by atoms with Gasteiger partial charge in [0.25, 0.3) is 0 Å². The molecule has 4 N–H and O–H groups in total. The van der Waals surface area contributed by atoms with Gasteiger partial charge < -0.3 is 21.1 Å². The Balaban J connectivity index is 3.90. The average molecular weight is 231 g/mol. The lowest BCUT2D eigenvalue weighted by Gasteiger charge is -2.12. The van der Waals surface area contributed by atoms with Crippen molar-refractivity contribution in [3.63, 3.8) is 0 Å². The molecule has 0 aliphatic heterocycles. The highest BCUT2D eigenvalue weighted by atomic mass is 16.4. The summed E-state index contributed by atoms with van der Waals surface area (Å²) in [5, 5.41) is 14.8. The van der Waals surface area contributed by atoms with Gasteiger partial charge in [0.2, 0.25) is 18.2 Å². The van der Waals surface area contributed by atoms with Crippen LogP contribution in [-0.2, 0) is 19.2 Å². The van der Waals surface area contributed by atoms with Gasteiger partial charge in [0.15, 0.2) is 0 Å². The first-order valence-corrected chi connectivity index (χ1v) is 4.43. The van der Waals surface area contributed by atoms with Crippen LogP contribution in [0.3, 0.4) is 0 Å². The van der Waals surface area contributed by atoms with Crippen molar-refractivity contribution < 1.29 is 24.3 Å². The molecule has 0 aromatic rings. The van der Waals surface area contributed by atoms with Crippen LogP contribution in [0.1, 0.15) is 6.92 Å². The molecule has 1 unspecified atom stereocenters. The SMILES string of the molecule is CC(NC(=O)CNC=O)C(=O)NCC(=O)O. The van der Waals surface area contributed by atoms with Crippen LogP contribution >= 0.6 is 0 Å². The predicted octanol–water partition coefficient (Wildman–Crippen LogP) is -2.56. The van der Waals surface area contributed by atoms with Crippen LogP contribution in [0.4, 0.5) is 0 Å². The number of hydrogen-bond donors (Lipinski definition) is 4. The lowest BCUT2D eigenvalue weighted by molar-refractivity contribution is -0.138. The smallest absolute Gasteiger partial charge is 0.322 e. The van der Waals surface area contributed by atoms with E-state index in [4.69, 9.17) is 5.11 Å². The van der Waals surface area contributed by atoms with Crippen LogP contribution in [-0.4, -0.2) is 48.4 Å². The van der Waals surface area contributed by atoms with Gasteiger partial charge in [-0.1, -0.05) is 0 Å². The van der Waals surface area contributed by atoms with Crippen LogP contribution in [0.2, 0.25) is 0 Å². The molecular formula is C8H13N3O5. The van der Waals surface area contributed by atoms with E-state index in [1.54, 1.807) is 0 Å². The van der Waals surface area contributed by atoms with E-state index in [-0.39, 0.29) is 6.54 Å². The molecule has 0 aromatic carbocycles. The van der Waals surface area contributed by atoms with Crippen molar-refractivity contribution in [3.05, 3.63) is 0 Å². The van der Waals surface area contributed by atoms with Crippen molar-refractivity contribution in [1.29, 1.82) is 0 Å². The fraction of sp³-hybridized carbons (Fsp3) is 0.500. The number of carbonyl (C=O) groups is 4. The van der Waals surface area contributed by atoms with Crippen LogP contribution in [0, 0.1) is 0 Å². The number of rotatable bonds is 7. The maximum atomic E-state index is 11.2. The number of carbonyl (C=O) groups excluding carboxylic acids is 3. The number of carboxylic acid groups (broad SMARTS) is 1. The molecule has 0 heterocycles. The molecule has 0 saturated heterocycles. The Bertz CT molecular complexity index is 291. The second-order valence-electron chi connectivity index (χ2n) is 2.90. The van der Waals surface area contributed by atoms with Crippen LogP contribution in [0.25, 0.3) is 0 Å². The van der Waals surface area contributed by atoms with Gasteiger partial charge in [0.05, 0.1) is 6.54 Å². The number of carboxylic acids is 1. The molecule has 3 amide bonds. The van der Waals surface area contributed by atoms with Gasteiger partial charge in [-0.3, -0.25) is 19.2 Å². The molecule has 0 radical (unpaired) electrons. The number of amides is 3. The third kappa shape index (κ3) is 6.35. The minimum absolute atomic E-state index is 0.236. The van der Waals surface area contributed by atoms with Crippen LogP contribution < -0.4 is 16.0 Å². The molecule has 0 saturated carbocycles. The van der Waals surface area contributed by atoms with Gasteiger partial charge in [-0.05, 0) is 6.92 Å². The fourth-order valence-corrected chi connectivity index (χ4v) is 0.808. The van der Waals surface area contributed by atoms with E-state index in [9.17, 15) is 19.2 Å². The van der Waals surface area contributed by atoms with Gasteiger partial charge in [0.1, 0.15) is 12.6 Å². The number of hydrogen-bond acceptors (Lipinski definition) is 4. The summed E-state index contributed by atoms with van der Waals surface area (Å²) in [6, 6.07) is -0.861. The van der Waals surface area contributed by atoms with Gasteiger partial charge >= 0.3 is 5.97 Å². The Kier molecular flexibility index (Phi) is 6.25. The van der Waals surface area contributed by atoms with Crippen molar-refractivity contribution in [3.8, 4) is 0 Å². The minimum atomic E-state index is -1.17. The predicted molar refractivity (Wildman–Crippen MR) is 52.3 cm³/mol. The molecular weight excluding hydrogens is 218 g/mol. The van der Waals surface area contributed by atoms with Crippen molar-refractivity contribution in [2.45, 2.75) is 13.0 Å². The Morgan fingerprint density at radius 1 is 1.31 bits per heavy atom. The Hall–Kier alpha value is -2.12. The highest BCUT2D eigenvalue weighted by Gasteiger charge is 2.15. The lowest BCUT2D eigenvalue weighted by atomic mass is 10.3. The van der Waals surface area contributed by atoms with E-state index in [0.29, 0.717) is 6.41 Å². The average Bonchev–Trinajstić information content (AvgIpc) is 2.22. The molecule has 16 heavy (non-hydrogen) atoms. The lowest BCUT2D eigenvalue weighted by Crippen LogP contribution is -2.48. The summed E-state index contributed by atoms with van der Waals surface area (Å²) in [4.78, 5) is 42.2. The summed E-state index contributed by atoms with van der Waals surface area (Å²) in [5.74, 6) is -2.32. The molecule has 0 rings (SSSR count). The van der Waals surface area contributed by atoms with Gasteiger partial charge in [-0.25, -0.2) is 0 Å². The van der Waals surface area contributed by atoms with Crippen molar-refractivity contribution in [1.82, 2.24) is 16.0 Å². The molecule has 0 spiro atoms. The first kappa shape index (κ1) is 13.9. The minimum Gasteiger partial charge on any atom is -0.480 e. The Labute approximate surface area is 91.4 Å². The van der Waals surface area contributed by atoms with Gasteiger partial charge in [-0.15, -0.1) is 0 Å². The molecule has 0 aliphatic carbocycles. The largest absolute Gasteiger partial charge is 0.480 e. The molecule has 8 heteroatoms. The quantitative estimate of drug-likeness (QED) is 0.359. The Morgan fingerprint density at radius 2 is 1.94 bits per heavy atom. The number of aliphatic carboxylic acids is 1. The summed E-state index contributed by atoms with van der Waals surface area (Å²) in [6.45, 7) is 0.654. The topological polar surface area (TPSA) is 125 Å². The van der Waals surface area contributed by atoms with E-state index in [2.05, 4.69) is 16.0 Å². The molecule has 0 aromatic heterocycles. The second kappa shape index (κ2) is 7.21. The summed E-state index contributed by atoms with van der Waals surface area (Å²) >= 11 is 0. The molecule has 90 valence electrons. The van der Waals surface area contributed by atoms with Crippen molar-refractivity contribution >= 4 is 24.2 Å². The summed E-state index contributed by atoms with van der Waals surface area (Å²) in [6.07, 6.45) is 0.356. The van der Waals surface area contributed by atoms with E-state index in [1.165, 1.54) is 6.92 Å². The molecule has 1 atom stereocenters. The first-order valence-electron chi connectivity index (χ1n) is 4.43. The van der Waals surface area contributed by atoms with Crippen molar-refractivity contribution in [2.75, 3.05) is 13.1 Å². The maximum absolute atomic E-state index is 11.2. The van der Waals surface area contributed by atoms with Gasteiger partial charge in [-0.2, -0.15) is 0 Å². The fourth-order valence-electron chi connectivity index (χ4n) is 0.808. The van der Waals surface area contributed by atoms with Crippen LogP contribution in [0.15, 0.2) is 0 Å². The van der Waals surface area contributed by atoms with E-state index in [0.717, 1.165) is 0 Å². The van der Waals surface area contributed by atoms with Gasteiger partial charge in [0, 0.05) is 0 Å². The van der Waals surface area contributed by atoms with E-state index < -0.39 is 30.4 Å². The summed E-state index contributed by atoms with van der Waals surface area (Å²) < 4.78 is 0. The molecule has 0 fully saturated rings. The zero-order valence-electron chi connectivity index (χ0n) is 8.65. The number of nitrogens with one attached hydrogen (secondary N) is 3. The molecule has 0 bridgehead atoms. The van der Waals surface area contributed by atoms with Crippen molar-refractivity contribution in [2.24, 2.45) is 0 Å². The third-order valence-corrected chi connectivity index (χ3v) is 1.53. The summed E-state index contributed by atoms with van der Waals surface area (Å²) in [7, 11) is 0. The zero-order valence-corrected chi connectivity index (χ0v) is 8.65. The van der Waals surface area contributed by atoms with E-state index in [1.807, 2.05) is 0 Å².